The fraction of sp³-hybridized carbons (Fsp3) is 0.350. The summed E-state index contributed by atoms with van der Waals surface area (Å²) in [5, 5.41) is 3.11. The van der Waals surface area contributed by atoms with E-state index in [1.165, 1.54) is 5.56 Å². The molecule has 6 heteroatoms. The first kappa shape index (κ1) is 20.5. The van der Waals surface area contributed by atoms with Crippen molar-refractivity contribution in [3.63, 3.8) is 0 Å². The van der Waals surface area contributed by atoms with E-state index in [0.717, 1.165) is 35.6 Å². The lowest BCUT2D eigenvalue weighted by atomic mass is 10.1. The van der Waals surface area contributed by atoms with Gasteiger partial charge in [-0.25, -0.2) is 4.99 Å². The van der Waals surface area contributed by atoms with Crippen molar-refractivity contribution >= 4 is 35.6 Å². The Bertz CT molecular complexity index is 741. The summed E-state index contributed by atoms with van der Waals surface area (Å²) in [7, 11) is 0. The predicted octanol–water partition coefficient (Wildman–Crippen LogP) is 4.02. The van der Waals surface area contributed by atoms with Crippen LogP contribution in [0.4, 0.5) is 5.69 Å². The summed E-state index contributed by atoms with van der Waals surface area (Å²) >= 11 is 0. The molecule has 2 aromatic carbocycles. The molecule has 1 saturated heterocycles. The molecule has 1 aliphatic rings. The van der Waals surface area contributed by atoms with E-state index in [2.05, 4.69) is 30.2 Å². The maximum absolute atomic E-state index is 6.10. The molecule has 1 fully saturated rings. The summed E-state index contributed by atoms with van der Waals surface area (Å²) in [6.07, 6.45) is 1.04. The maximum atomic E-state index is 6.10. The zero-order valence-electron chi connectivity index (χ0n) is 15.2. The van der Waals surface area contributed by atoms with Crippen LogP contribution in [0.1, 0.15) is 23.1 Å². The zero-order chi connectivity index (χ0) is 17.6. The Morgan fingerprint density at radius 3 is 2.62 bits per heavy atom. The van der Waals surface area contributed by atoms with Gasteiger partial charge in [-0.05, 0) is 37.6 Å². The second-order valence-electron chi connectivity index (χ2n) is 6.41. The lowest BCUT2D eigenvalue weighted by molar-refractivity contribution is 0.140. The lowest BCUT2D eigenvalue weighted by Gasteiger charge is -2.16. The van der Waals surface area contributed by atoms with Gasteiger partial charge in [-0.1, -0.05) is 29.8 Å². The normalized spacial score (nSPS) is 16.8. The van der Waals surface area contributed by atoms with Crippen molar-refractivity contribution in [3.8, 4) is 5.75 Å². The summed E-state index contributed by atoms with van der Waals surface area (Å²) in [4.78, 5) is 4.45. The molecule has 0 bridgehead atoms. The van der Waals surface area contributed by atoms with Crippen LogP contribution in [0.3, 0.4) is 0 Å². The van der Waals surface area contributed by atoms with Crippen LogP contribution in [-0.4, -0.2) is 25.3 Å². The number of rotatable bonds is 5. The Balaban J connectivity index is 0.00000243. The minimum absolute atomic E-state index is 0. The van der Waals surface area contributed by atoms with E-state index in [1.54, 1.807) is 0 Å². The third-order valence-corrected chi connectivity index (χ3v) is 4.15. The van der Waals surface area contributed by atoms with Gasteiger partial charge in [0, 0.05) is 17.7 Å². The van der Waals surface area contributed by atoms with Crippen molar-refractivity contribution in [2.24, 2.45) is 10.7 Å². The monoisotopic (exact) mass is 467 g/mol. The molecule has 0 aliphatic carbocycles. The largest absolute Gasteiger partial charge is 0.488 e. The Morgan fingerprint density at radius 1 is 1.19 bits per heavy atom. The van der Waals surface area contributed by atoms with E-state index < -0.39 is 0 Å². The number of benzene rings is 2. The smallest absolute Gasteiger partial charge is 0.193 e. The topological polar surface area (TPSA) is 68.9 Å². The van der Waals surface area contributed by atoms with Crippen molar-refractivity contribution in [1.82, 2.24) is 0 Å². The molecule has 5 nitrogen and oxygen atoms in total. The number of nitrogens with zero attached hydrogens (tertiary/aromatic N) is 1. The molecule has 0 amide bonds. The number of guanidine groups is 1. The minimum atomic E-state index is 0. The second-order valence-corrected chi connectivity index (χ2v) is 6.41. The molecule has 26 heavy (non-hydrogen) atoms. The summed E-state index contributed by atoms with van der Waals surface area (Å²) < 4.78 is 11.5. The number of halogens is 1. The first-order chi connectivity index (χ1) is 12.1. The van der Waals surface area contributed by atoms with Crippen molar-refractivity contribution in [2.45, 2.75) is 32.9 Å². The van der Waals surface area contributed by atoms with Crippen LogP contribution in [0, 0.1) is 13.8 Å². The summed E-state index contributed by atoms with van der Waals surface area (Å²) in [6.45, 7) is 5.98. The van der Waals surface area contributed by atoms with Crippen LogP contribution >= 0.6 is 24.0 Å². The average Bonchev–Trinajstić information content (AvgIpc) is 3.09. The Kier molecular flexibility index (Phi) is 7.71. The van der Waals surface area contributed by atoms with Gasteiger partial charge in [0.05, 0.1) is 19.8 Å². The van der Waals surface area contributed by atoms with Gasteiger partial charge < -0.3 is 20.5 Å². The summed E-state index contributed by atoms with van der Waals surface area (Å²) in [5.41, 5.74) is 10.3. The number of aliphatic imine (C=N–C) groups is 1. The molecule has 2 aromatic rings. The number of hydrogen-bond donors (Lipinski definition) is 2. The van der Waals surface area contributed by atoms with Crippen molar-refractivity contribution in [1.29, 1.82) is 0 Å². The van der Waals surface area contributed by atoms with Crippen molar-refractivity contribution in [2.75, 3.05) is 18.5 Å². The van der Waals surface area contributed by atoms with Crippen LogP contribution < -0.4 is 15.8 Å². The molecule has 1 atom stereocenters. The Hall–Kier alpha value is -1.80. The minimum Gasteiger partial charge on any atom is -0.488 e. The van der Waals surface area contributed by atoms with Crippen LogP contribution in [0.15, 0.2) is 47.5 Å². The zero-order valence-corrected chi connectivity index (χ0v) is 17.5. The molecule has 0 spiro atoms. The van der Waals surface area contributed by atoms with Crippen LogP contribution in [0.25, 0.3) is 0 Å². The third kappa shape index (κ3) is 5.88. The van der Waals surface area contributed by atoms with Gasteiger partial charge in [0.15, 0.2) is 5.96 Å². The standard InChI is InChI=1S/C20H25N3O2.HI/c1-14-4-7-17(8-5-14)23-20(21)22-12-16-6-3-15(2)11-19(16)25-18-9-10-24-13-18;/h3-8,11,18H,9-10,12-13H2,1-2H3,(H3,21,22,23);1H. The van der Waals surface area contributed by atoms with E-state index in [9.17, 15) is 0 Å². The highest BCUT2D eigenvalue weighted by atomic mass is 127. The fourth-order valence-electron chi connectivity index (χ4n) is 2.68. The summed E-state index contributed by atoms with van der Waals surface area (Å²) in [6, 6.07) is 14.2. The molecule has 3 rings (SSSR count). The highest BCUT2D eigenvalue weighted by molar-refractivity contribution is 14.0. The molecule has 1 heterocycles. The lowest BCUT2D eigenvalue weighted by Crippen LogP contribution is -2.22. The predicted molar refractivity (Wildman–Crippen MR) is 117 cm³/mol. The first-order valence-electron chi connectivity index (χ1n) is 8.58. The highest BCUT2D eigenvalue weighted by Gasteiger charge is 2.18. The molecule has 0 saturated carbocycles. The number of ether oxygens (including phenoxy) is 2. The first-order valence-corrected chi connectivity index (χ1v) is 8.58. The van der Waals surface area contributed by atoms with Crippen LogP contribution in [0.2, 0.25) is 0 Å². The van der Waals surface area contributed by atoms with E-state index in [1.807, 2.05) is 36.4 Å². The van der Waals surface area contributed by atoms with E-state index in [0.29, 0.717) is 19.1 Å². The SMILES string of the molecule is Cc1ccc(NC(N)=NCc2ccc(C)cc2OC2CCOC2)cc1.I. The molecular formula is C20H26IN3O2. The molecule has 0 aromatic heterocycles. The van der Waals surface area contributed by atoms with E-state index in [-0.39, 0.29) is 30.1 Å². The van der Waals surface area contributed by atoms with Gasteiger partial charge in [0.2, 0.25) is 0 Å². The number of anilines is 1. The number of aryl methyl sites for hydroxylation is 2. The van der Waals surface area contributed by atoms with Gasteiger partial charge in [-0.15, -0.1) is 24.0 Å². The Morgan fingerprint density at radius 2 is 1.92 bits per heavy atom. The maximum Gasteiger partial charge on any atom is 0.193 e. The van der Waals surface area contributed by atoms with Gasteiger partial charge in [-0.3, -0.25) is 0 Å². The number of nitrogens with one attached hydrogen (secondary N) is 1. The molecule has 140 valence electrons. The van der Waals surface area contributed by atoms with Gasteiger partial charge in [-0.2, -0.15) is 0 Å². The second kappa shape index (κ2) is 9.78. The van der Waals surface area contributed by atoms with Gasteiger partial charge in [0.25, 0.3) is 0 Å². The van der Waals surface area contributed by atoms with Crippen LogP contribution in [-0.2, 0) is 11.3 Å². The number of nitrogens with two attached hydrogens (primary N) is 1. The average molecular weight is 467 g/mol. The highest BCUT2D eigenvalue weighted by Crippen LogP contribution is 2.24. The summed E-state index contributed by atoms with van der Waals surface area (Å²) in [5.74, 6) is 1.25. The fourth-order valence-corrected chi connectivity index (χ4v) is 2.68. The molecule has 1 aliphatic heterocycles. The van der Waals surface area contributed by atoms with E-state index >= 15 is 0 Å². The molecule has 1 unspecified atom stereocenters. The van der Waals surface area contributed by atoms with Gasteiger partial charge >= 0.3 is 0 Å². The Labute approximate surface area is 172 Å². The van der Waals surface area contributed by atoms with Crippen molar-refractivity contribution in [3.05, 3.63) is 59.2 Å². The third-order valence-electron chi connectivity index (χ3n) is 4.15. The molecule has 3 N–H and O–H groups in total. The van der Waals surface area contributed by atoms with Crippen molar-refractivity contribution < 1.29 is 9.47 Å². The molecule has 0 radical (unpaired) electrons. The van der Waals surface area contributed by atoms with Gasteiger partial charge in [0.1, 0.15) is 11.9 Å². The quantitative estimate of drug-likeness (QED) is 0.396. The number of hydrogen-bond acceptors (Lipinski definition) is 3. The van der Waals surface area contributed by atoms with E-state index in [4.69, 9.17) is 15.2 Å². The van der Waals surface area contributed by atoms with Crippen LogP contribution in [0.5, 0.6) is 5.75 Å². The molecular weight excluding hydrogens is 441 g/mol.